The summed E-state index contributed by atoms with van der Waals surface area (Å²) < 4.78 is 0. The van der Waals surface area contributed by atoms with E-state index in [1.165, 1.54) is 25.7 Å². The van der Waals surface area contributed by atoms with Gasteiger partial charge in [0.25, 0.3) is 0 Å². The van der Waals surface area contributed by atoms with Crippen LogP contribution in [0.25, 0.3) is 0 Å². The lowest BCUT2D eigenvalue weighted by molar-refractivity contribution is -0.171. The van der Waals surface area contributed by atoms with Gasteiger partial charge in [-0.15, -0.1) is 0 Å². The molecule has 4 saturated carbocycles. The highest BCUT2D eigenvalue weighted by Gasteiger charge is 2.63. The topological polar surface area (TPSA) is 74.6 Å². The average Bonchev–Trinajstić information content (AvgIpc) is 2.95. The highest BCUT2D eigenvalue weighted by Crippen LogP contribution is 2.69. The Morgan fingerprint density at radius 3 is 2.37 bits per heavy atom. The second-order valence-electron chi connectivity index (χ2n) is 10.7. The molecule has 4 heteroatoms. The van der Waals surface area contributed by atoms with E-state index in [1.807, 2.05) is 0 Å². The zero-order chi connectivity index (χ0) is 19.4. The first kappa shape index (κ1) is 19.3. The van der Waals surface area contributed by atoms with Gasteiger partial charge in [0.1, 0.15) is 0 Å². The van der Waals surface area contributed by atoms with Crippen LogP contribution in [0.1, 0.15) is 84.5 Å². The van der Waals surface area contributed by atoms with Crippen LogP contribution < -0.4 is 0 Å². The minimum Gasteiger partial charge on any atom is -0.481 e. The number of hydrogen-bond donors (Lipinski definition) is 2. The highest BCUT2D eigenvalue weighted by molar-refractivity contribution is 5.71. The number of carboxylic acid groups (broad SMARTS) is 2. The molecule has 0 aromatic carbocycles. The summed E-state index contributed by atoms with van der Waals surface area (Å²) in [7, 11) is 0. The maximum absolute atomic E-state index is 12.3. The molecule has 0 radical (unpaired) electrons. The Kier molecular flexibility index (Phi) is 4.83. The fourth-order valence-electron chi connectivity index (χ4n) is 8.44. The molecule has 152 valence electrons. The van der Waals surface area contributed by atoms with E-state index in [2.05, 4.69) is 13.8 Å². The third-order valence-electron chi connectivity index (χ3n) is 9.85. The summed E-state index contributed by atoms with van der Waals surface area (Å²) in [6, 6.07) is 0. The summed E-state index contributed by atoms with van der Waals surface area (Å²) in [6.07, 6.45) is 11.5. The van der Waals surface area contributed by atoms with Gasteiger partial charge < -0.3 is 10.2 Å². The van der Waals surface area contributed by atoms with Crippen molar-refractivity contribution in [3.05, 3.63) is 0 Å². The first-order chi connectivity index (χ1) is 12.8. The molecule has 2 N–H and O–H groups in total. The van der Waals surface area contributed by atoms with Crippen molar-refractivity contribution in [2.75, 3.05) is 0 Å². The summed E-state index contributed by atoms with van der Waals surface area (Å²) in [4.78, 5) is 23.4. The molecule has 0 bridgehead atoms. The number of aliphatic carboxylic acids is 2. The largest absolute Gasteiger partial charge is 0.481 e. The maximum Gasteiger partial charge on any atom is 0.306 e. The van der Waals surface area contributed by atoms with Crippen LogP contribution in [0.3, 0.4) is 0 Å². The number of fused-ring (bicyclic) bond motifs is 5. The zero-order valence-corrected chi connectivity index (χ0v) is 17.0. The predicted molar refractivity (Wildman–Crippen MR) is 103 cm³/mol. The minimum atomic E-state index is -0.700. The van der Waals surface area contributed by atoms with Gasteiger partial charge in [0.05, 0.1) is 5.92 Å². The number of rotatable bonds is 4. The SMILES string of the molecule is C[C@]12CC[C@H]3[C@@H]([C@H](C(=O)O)CC4CCCC[C@@]43C)[C@@H]1CC[C@@H]2CCC(=O)O. The monoisotopic (exact) mass is 376 g/mol. The van der Waals surface area contributed by atoms with Gasteiger partial charge in [-0.25, -0.2) is 0 Å². The van der Waals surface area contributed by atoms with Gasteiger partial charge in [-0.2, -0.15) is 0 Å². The molecule has 27 heavy (non-hydrogen) atoms. The van der Waals surface area contributed by atoms with Crippen molar-refractivity contribution in [3.63, 3.8) is 0 Å². The van der Waals surface area contributed by atoms with Crippen molar-refractivity contribution in [2.45, 2.75) is 84.5 Å². The third-order valence-corrected chi connectivity index (χ3v) is 9.85. The molecule has 1 unspecified atom stereocenters. The molecule has 4 fully saturated rings. The Labute approximate surface area is 163 Å². The third kappa shape index (κ3) is 2.93. The van der Waals surface area contributed by atoms with Crippen LogP contribution in [-0.4, -0.2) is 22.2 Å². The zero-order valence-electron chi connectivity index (χ0n) is 17.0. The van der Waals surface area contributed by atoms with E-state index in [-0.39, 0.29) is 17.8 Å². The van der Waals surface area contributed by atoms with E-state index in [4.69, 9.17) is 5.11 Å². The molecule has 0 aromatic rings. The van der Waals surface area contributed by atoms with Crippen molar-refractivity contribution in [2.24, 2.45) is 46.3 Å². The highest BCUT2D eigenvalue weighted by atomic mass is 16.4. The number of carbonyl (C=O) groups is 2. The lowest BCUT2D eigenvalue weighted by atomic mass is 9.42. The fraction of sp³-hybridized carbons (Fsp3) is 0.913. The van der Waals surface area contributed by atoms with E-state index >= 15 is 0 Å². The van der Waals surface area contributed by atoms with Crippen LogP contribution in [0, 0.1) is 46.3 Å². The molecule has 0 spiro atoms. The molecular formula is C23H36O4. The molecule has 4 aliphatic rings. The fourth-order valence-corrected chi connectivity index (χ4v) is 8.44. The van der Waals surface area contributed by atoms with E-state index < -0.39 is 11.9 Å². The van der Waals surface area contributed by atoms with Crippen molar-refractivity contribution in [1.29, 1.82) is 0 Å². The normalized spacial score (nSPS) is 49.0. The molecule has 0 saturated heterocycles. The molecule has 4 rings (SSSR count). The molecule has 0 aromatic heterocycles. The standard InChI is InChI=1S/C23H36O4/c1-22-11-4-3-5-15(22)13-16(21(26)27)20-17-8-6-14(7-9-19(24)25)23(17,2)12-10-18(20)22/h14-18,20H,3-13H2,1-2H3,(H,24,25)(H,26,27)/t14-,15?,16-,17+,18+,20+,22+,23-/m1/s1. The summed E-state index contributed by atoms with van der Waals surface area (Å²) in [6.45, 7) is 4.84. The maximum atomic E-state index is 12.3. The van der Waals surface area contributed by atoms with E-state index in [1.54, 1.807) is 0 Å². The lowest BCUT2D eigenvalue weighted by Gasteiger charge is -2.62. The quantitative estimate of drug-likeness (QED) is 0.706. The van der Waals surface area contributed by atoms with Gasteiger partial charge in [0.2, 0.25) is 0 Å². The van der Waals surface area contributed by atoms with Gasteiger partial charge in [0, 0.05) is 6.42 Å². The van der Waals surface area contributed by atoms with Crippen LogP contribution in [-0.2, 0) is 9.59 Å². The summed E-state index contributed by atoms with van der Waals surface area (Å²) >= 11 is 0. The van der Waals surface area contributed by atoms with E-state index in [0.29, 0.717) is 35.0 Å². The molecule has 0 heterocycles. The summed E-state index contributed by atoms with van der Waals surface area (Å²) in [5, 5.41) is 19.3. The van der Waals surface area contributed by atoms with E-state index in [9.17, 15) is 14.7 Å². The first-order valence-corrected chi connectivity index (χ1v) is 11.2. The summed E-state index contributed by atoms with van der Waals surface area (Å²) in [5.74, 6) is 0.896. The van der Waals surface area contributed by atoms with Crippen LogP contribution in [0.15, 0.2) is 0 Å². The number of carboxylic acids is 2. The van der Waals surface area contributed by atoms with Gasteiger partial charge in [-0.1, -0.05) is 26.7 Å². The van der Waals surface area contributed by atoms with Crippen molar-refractivity contribution < 1.29 is 19.8 Å². The molecule has 4 nitrogen and oxygen atoms in total. The smallest absolute Gasteiger partial charge is 0.306 e. The number of hydrogen-bond acceptors (Lipinski definition) is 2. The van der Waals surface area contributed by atoms with Crippen LogP contribution >= 0.6 is 0 Å². The molecule has 8 atom stereocenters. The second kappa shape index (κ2) is 6.77. The molecular weight excluding hydrogens is 340 g/mol. The van der Waals surface area contributed by atoms with Gasteiger partial charge in [-0.05, 0) is 91.8 Å². The summed E-state index contributed by atoms with van der Waals surface area (Å²) in [5.41, 5.74) is 0.470. The van der Waals surface area contributed by atoms with Crippen molar-refractivity contribution >= 4 is 11.9 Å². The van der Waals surface area contributed by atoms with Crippen molar-refractivity contribution in [1.82, 2.24) is 0 Å². The van der Waals surface area contributed by atoms with Gasteiger partial charge in [0.15, 0.2) is 0 Å². The lowest BCUT2D eigenvalue weighted by Crippen LogP contribution is -2.57. The van der Waals surface area contributed by atoms with Crippen LogP contribution in [0.5, 0.6) is 0 Å². The van der Waals surface area contributed by atoms with Gasteiger partial charge in [-0.3, -0.25) is 9.59 Å². The van der Waals surface area contributed by atoms with Gasteiger partial charge >= 0.3 is 11.9 Å². The Morgan fingerprint density at radius 1 is 0.926 bits per heavy atom. The second-order valence-corrected chi connectivity index (χ2v) is 10.7. The Balaban J connectivity index is 1.64. The minimum absolute atomic E-state index is 0.141. The van der Waals surface area contributed by atoms with Crippen LogP contribution in [0.2, 0.25) is 0 Å². The predicted octanol–water partition coefficient (Wildman–Crippen LogP) is 5.21. The van der Waals surface area contributed by atoms with Crippen molar-refractivity contribution in [3.8, 4) is 0 Å². The Bertz CT molecular complexity index is 615. The first-order valence-electron chi connectivity index (χ1n) is 11.2. The molecule has 0 amide bonds. The van der Waals surface area contributed by atoms with E-state index in [0.717, 1.165) is 38.5 Å². The Hall–Kier alpha value is -1.06. The van der Waals surface area contributed by atoms with Crippen LogP contribution in [0.4, 0.5) is 0 Å². The average molecular weight is 377 g/mol. The molecule has 4 aliphatic carbocycles. The molecule has 0 aliphatic heterocycles. The Morgan fingerprint density at radius 2 is 1.67 bits per heavy atom.